The summed E-state index contributed by atoms with van der Waals surface area (Å²) in [6, 6.07) is 0.320. The van der Waals surface area contributed by atoms with Crippen LogP contribution in [0.25, 0.3) is 0 Å². The Morgan fingerprint density at radius 2 is 1.72 bits per heavy atom. The molecule has 0 saturated carbocycles. The van der Waals surface area contributed by atoms with Crippen LogP contribution in [0, 0.1) is 5.92 Å². The Morgan fingerprint density at radius 1 is 1.08 bits per heavy atom. The van der Waals surface area contributed by atoms with Crippen LogP contribution in [0.3, 0.4) is 0 Å². The number of nitrogens with zero attached hydrogens (tertiary/aromatic N) is 3. The fourth-order valence-electron chi connectivity index (χ4n) is 3.71. The van der Waals surface area contributed by atoms with Crippen LogP contribution in [-0.4, -0.2) is 92.3 Å². The molecule has 2 fully saturated rings. The molecule has 0 N–H and O–H groups in total. The van der Waals surface area contributed by atoms with Gasteiger partial charge in [0.2, 0.25) is 11.8 Å². The van der Waals surface area contributed by atoms with Gasteiger partial charge in [-0.15, -0.1) is 0 Å². The minimum atomic E-state index is -3.16. The molecule has 0 unspecified atom stereocenters. The summed E-state index contributed by atoms with van der Waals surface area (Å²) in [6.07, 6.45) is 4.50. The molecule has 2 atom stereocenters. The van der Waals surface area contributed by atoms with Crippen molar-refractivity contribution in [3.63, 3.8) is 0 Å². The molecule has 0 bridgehead atoms. The maximum Gasteiger partial charge on any atom is 0.236 e. The van der Waals surface area contributed by atoms with Crippen molar-refractivity contribution in [2.75, 3.05) is 51.3 Å². The fourth-order valence-corrected chi connectivity index (χ4v) is 4.77. The van der Waals surface area contributed by atoms with E-state index in [2.05, 4.69) is 11.8 Å². The number of hydrogen-bond donors (Lipinski definition) is 0. The first-order valence-electron chi connectivity index (χ1n) is 9.15. The Hall–Kier alpha value is -1.15. The second kappa shape index (κ2) is 8.49. The Kier molecular flexibility index (Phi) is 6.85. The van der Waals surface area contributed by atoms with Gasteiger partial charge in [-0.05, 0) is 26.2 Å². The van der Waals surface area contributed by atoms with Crippen molar-refractivity contribution in [1.29, 1.82) is 0 Å². The van der Waals surface area contributed by atoms with E-state index in [0.29, 0.717) is 38.8 Å². The van der Waals surface area contributed by atoms with E-state index in [1.165, 1.54) is 6.42 Å². The number of sulfone groups is 1. The van der Waals surface area contributed by atoms with E-state index < -0.39 is 15.8 Å². The van der Waals surface area contributed by atoms with E-state index in [-0.39, 0.29) is 17.6 Å². The normalized spacial score (nSPS) is 24.2. The highest BCUT2D eigenvalue weighted by molar-refractivity contribution is 7.90. The molecule has 0 spiro atoms. The van der Waals surface area contributed by atoms with E-state index in [0.717, 1.165) is 25.6 Å². The fraction of sp³-hybridized carbons (Fsp3) is 0.882. The van der Waals surface area contributed by atoms with Crippen molar-refractivity contribution >= 4 is 21.7 Å². The number of piperazine rings is 1. The number of rotatable bonds is 5. The molecule has 7 nitrogen and oxygen atoms in total. The third-order valence-electron chi connectivity index (χ3n) is 5.14. The summed E-state index contributed by atoms with van der Waals surface area (Å²) < 4.78 is 22.7. The molecule has 2 aliphatic rings. The molecule has 0 aromatic heterocycles. The highest BCUT2D eigenvalue weighted by Gasteiger charge is 2.29. The summed E-state index contributed by atoms with van der Waals surface area (Å²) in [6.45, 7) is 7.45. The molecule has 25 heavy (non-hydrogen) atoms. The summed E-state index contributed by atoms with van der Waals surface area (Å²) in [7, 11) is -3.16. The maximum atomic E-state index is 12.5. The van der Waals surface area contributed by atoms with Gasteiger partial charge >= 0.3 is 0 Å². The van der Waals surface area contributed by atoms with Crippen LogP contribution in [0.4, 0.5) is 0 Å². The summed E-state index contributed by atoms with van der Waals surface area (Å²) in [4.78, 5) is 30.7. The smallest absolute Gasteiger partial charge is 0.236 e. The monoisotopic (exact) mass is 373 g/mol. The van der Waals surface area contributed by atoms with Gasteiger partial charge in [-0.2, -0.15) is 0 Å². The van der Waals surface area contributed by atoms with E-state index >= 15 is 0 Å². The third-order valence-corrected chi connectivity index (χ3v) is 6.25. The first kappa shape index (κ1) is 20.2. The Balaban J connectivity index is 1.79. The van der Waals surface area contributed by atoms with Crippen molar-refractivity contribution in [2.24, 2.45) is 5.92 Å². The highest BCUT2D eigenvalue weighted by Crippen LogP contribution is 2.17. The van der Waals surface area contributed by atoms with Crippen LogP contribution in [-0.2, 0) is 19.4 Å². The summed E-state index contributed by atoms with van der Waals surface area (Å²) in [5, 5.41) is 0. The quantitative estimate of drug-likeness (QED) is 0.689. The van der Waals surface area contributed by atoms with Gasteiger partial charge < -0.3 is 9.80 Å². The Bertz CT molecular complexity index is 585. The number of amides is 2. The zero-order valence-electron chi connectivity index (χ0n) is 15.6. The summed E-state index contributed by atoms with van der Waals surface area (Å²) in [5.74, 6) is -0.562. The molecule has 144 valence electrons. The number of hydrogen-bond acceptors (Lipinski definition) is 5. The average Bonchev–Trinajstić information content (AvgIpc) is 2.53. The minimum Gasteiger partial charge on any atom is -0.340 e. The lowest BCUT2D eigenvalue weighted by molar-refractivity contribution is -0.138. The molecule has 2 heterocycles. The predicted molar refractivity (Wildman–Crippen MR) is 96.9 cm³/mol. The van der Waals surface area contributed by atoms with Gasteiger partial charge in [0.15, 0.2) is 0 Å². The van der Waals surface area contributed by atoms with Crippen LogP contribution in [0.1, 0.15) is 33.1 Å². The van der Waals surface area contributed by atoms with Crippen molar-refractivity contribution in [3.8, 4) is 0 Å². The zero-order valence-corrected chi connectivity index (χ0v) is 16.4. The summed E-state index contributed by atoms with van der Waals surface area (Å²) >= 11 is 0. The molecule has 8 heteroatoms. The van der Waals surface area contributed by atoms with Crippen molar-refractivity contribution < 1.29 is 18.0 Å². The average molecular weight is 374 g/mol. The first-order valence-corrected chi connectivity index (χ1v) is 11.2. The first-order chi connectivity index (χ1) is 11.7. The third kappa shape index (κ3) is 5.95. The van der Waals surface area contributed by atoms with E-state index in [1.807, 2.05) is 4.90 Å². The van der Waals surface area contributed by atoms with Gasteiger partial charge in [0.1, 0.15) is 9.84 Å². The Labute approximate surface area is 151 Å². The molecular weight excluding hydrogens is 342 g/mol. The molecule has 2 aliphatic heterocycles. The van der Waals surface area contributed by atoms with Gasteiger partial charge in [-0.25, -0.2) is 8.42 Å². The lowest BCUT2D eigenvalue weighted by Gasteiger charge is -2.38. The topological polar surface area (TPSA) is 78.0 Å². The van der Waals surface area contributed by atoms with E-state index in [4.69, 9.17) is 0 Å². The number of likely N-dealkylation sites (tertiary alicyclic amines) is 1. The number of carbonyl (C=O) groups excluding carboxylic acids is 2. The van der Waals surface area contributed by atoms with Gasteiger partial charge in [-0.3, -0.25) is 14.5 Å². The summed E-state index contributed by atoms with van der Waals surface area (Å²) in [5.41, 5.74) is 0. The van der Waals surface area contributed by atoms with Crippen molar-refractivity contribution in [2.45, 2.75) is 39.2 Å². The maximum absolute atomic E-state index is 12.5. The second-order valence-corrected chi connectivity index (χ2v) is 9.71. The van der Waals surface area contributed by atoms with Crippen molar-refractivity contribution in [3.05, 3.63) is 0 Å². The molecule has 2 rings (SSSR count). The molecule has 0 radical (unpaired) electrons. The lowest BCUT2D eigenvalue weighted by atomic mass is 10.0. The predicted octanol–water partition coefficient (Wildman–Crippen LogP) is 0.212. The van der Waals surface area contributed by atoms with Crippen LogP contribution < -0.4 is 0 Å². The van der Waals surface area contributed by atoms with E-state index in [1.54, 1.807) is 11.8 Å². The zero-order chi connectivity index (χ0) is 18.6. The van der Waals surface area contributed by atoms with Crippen LogP contribution in [0.15, 0.2) is 0 Å². The van der Waals surface area contributed by atoms with E-state index in [9.17, 15) is 18.0 Å². The van der Waals surface area contributed by atoms with Gasteiger partial charge in [0.25, 0.3) is 0 Å². The molecule has 0 aliphatic carbocycles. The number of carbonyl (C=O) groups is 2. The second-order valence-electron chi connectivity index (χ2n) is 7.53. The van der Waals surface area contributed by atoms with Gasteiger partial charge in [0, 0.05) is 50.9 Å². The molecule has 2 amide bonds. The minimum absolute atomic E-state index is 0.110. The largest absolute Gasteiger partial charge is 0.340 e. The Morgan fingerprint density at radius 3 is 2.28 bits per heavy atom. The number of piperidine rings is 1. The van der Waals surface area contributed by atoms with Gasteiger partial charge in [0.05, 0.1) is 12.3 Å². The molecule has 0 aromatic carbocycles. The van der Waals surface area contributed by atoms with Crippen LogP contribution in [0.2, 0.25) is 0 Å². The molecule has 2 saturated heterocycles. The van der Waals surface area contributed by atoms with Gasteiger partial charge in [-0.1, -0.05) is 6.92 Å². The SMILES string of the molecule is C[C@H](CS(C)(=O)=O)C(=O)N1CCN(CC(=O)N2CCCC[C@@H]2C)CC1. The highest BCUT2D eigenvalue weighted by atomic mass is 32.2. The molecule has 0 aromatic rings. The standard InChI is InChI=1S/C17H31N3O4S/c1-14(13-25(3,23)24)17(22)19-10-8-18(9-11-19)12-16(21)20-7-5-4-6-15(20)2/h14-15H,4-13H2,1-3H3/t14-,15+/m1/s1. The lowest BCUT2D eigenvalue weighted by Crippen LogP contribution is -2.54. The molecular formula is C17H31N3O4S. The van der Waals surface area contributed by atoms with Crippen molar-refractivity contribution in [1.82, 2.24) is 14.7 Å². The van der Waals surface area contributed by atoms with Crippen LogP contribution in [0.5, 0.6) is 0 Å². The van der Waals surface area contributed by atoms with Crippen LogP contribution >= 0.6 is 0 Å².